The number of hydrogen-bond donors (Lipinski definition) is 0. The van der Waals surface area contributed by atoms with Crippen molar-refractivity contribution in [1.82, 2.24) is 0 Å². The molecule has 2 rings (SSSR count). The van der Waals surface area contributed by atoms with Gasteiger partial charge in [-0.25, -0.2) is 0 Å². The predicted molar refractivity (Wildman–Crippen MR) is 75.9 cm³/mol. The van der Waals surface area contributed by atoms with E-state index in [2.05, 4.69) is 35.0 Å². The maximum atomic E-state index is 6.43. The third-order valence-electron chi connectivity index (χ3n) is 2.27. The van der Waals surface area contributed by atoms with Gasteiger partial charge in [-0.05, 0) is 46.6 Å². The van der Waals surface area contributed by atoms with Crippen molar-refractivity contribution >= 4 is 50.5 Å². The number of alkyl halides is 1. The lowest BCUT2D eigenvalue weighted by atomic mass is 10.1. The van der Waals surface area contributed by atoms with Crippen LogP contribution in [0, 0.1) is 6.92 Å². The smallest absolute Gasteiger partial charge is 0.0942 e. The first-order valence-electron chi connectivity index (χ1n) is 4.74. The van der Waals surface area contributed by atoms with Gasteiger partial charge in [-0.1, -0.05) is 23.7 Å². The SMILES string of the molecule is Cc1ccc(C(Cl)c2cccc(Br)c2Cl)s1. The molecule has 0 nitrogen and oxygen atoms in total. The molecule has 4 heteroatoms. The Labute approximate surface area is 117 Å². The first kappa shape index (κ1) is 12.4. The van der Waals surface area contributed by atoms with Crippen molar-refractivity contribution in [2.24, 2.45) is 0 Å². The summed E-state index contributed by atoms with van der Waals surface area (Å²) in [7, 11) is 0. The zero-order chi connectivity index (χ0) is 11.7. The monoisotopic (exact) mass is 334 g/mol. The highest BCUT2D eigenvalue weighted by molar-refractivity contribution is 9.10. The van der Waals surface area contributed by atoms with E-state index in [0.717, 1.165) is 14.9 Å². The van der Waals surface area contributed by atoms with E-state index in [1.165, 1.54) is 4.88 Å². The molecule has 1 heterocycles. The van der Waals surface area contributed by atoms with E-state index in [0.29, 0.717) is 5.02 Å². The zero-order valence-electron chi connectivity index (χ0n) is 8.51. The summed E-state index contributed by atoms with van der Waals surface area (Å²) in [6, 6.07) is 9.94. The van der Waals surface area contributed by atoms with Crippen molar-refractivity contribution < 1.29 is 0 Å². The van der Waals surface area contributed by atoms with Crippen molar-refractivity contribution in [3.05, 3.63) is 55.1 Å². The number of benzene rings is 1. The minimum absolute atomic E-state index is 0.177. The molecule has 0 spiro atoms. The molecule has 1 unspecified atom stereocenters. The van der Waals surface area contributed by atoms with Gasteiger partial charge in [0.1, 0.15) is 0 Å². The molecule has 0 amide bonds. The Morgan fingerprint density at radius 2 is 2.00 bits per heavy atom. The second-order valence-corrected chi connectivity index (χ2v) is 6.44. The van der Waals surface area contributed by atoms with Crippen LogP contribution >= 0.6 is 50.5 Å². The average molecular weight is 336 g/mol. The molecule has 0 aliphatic heterocycles. The summed E-state index contributed by atoms with van der Waals surface area (Å²) in [6.45, 7) is 2.07. The summed E-state index contributed by atoms with van der Waals surface area (Å²) < 4.78 is 0.880. The molecule has 0 saturated heterocycles. The maximum Gasteiger partial charge on any atom is 0.0942 e. The molecule has 1 atom stereocenters. The predicted octanol–water partition coefficient (Wildman–Crippen LogP) is 5.80. The number of halogens is 3. The minimum Gasteiger partial charge on any atom is -0.144 e. The van der Waals surface area contributed by atoms with Gasteiger partial charge in [0.05, 0.1) is 10.4 Å². The average Bonchev–Trinajstić information content (AvgIpc) is 2.68. The molecule has 0 bridgehead atoms. The van der Waals surface area contributed by atoms with Gasteiger partial charge in [0.25, 0.3) is 0 Å². The first-order chi connectivity index (χ1) is 7.59. The highest BCUT2D eigenvalue weighted by atomic mass is 79.9. The summed E-state index contributed by atoms with van der Waals surface area (Å²) in [5.74, 6) is 0. The van der Waals surface area contributed by atoms with Crippen molar-refractivity contribution in [2.75, 3.05) is 0 Å². The van der Waals surface area contributed by atoms with Crippen molar-refractivity contribution in [2.45, 2.75) is 12.3 Å². The van der Waals surface area contributed by atoms with Crippen LogP contribution in [0.5, 0.6) is 0 Å². The van der Waals surface area contributed by atoms with Gasteiger partial charge in [0.2, 0.25) is 0 Å². The molecule has 0 saturated carbocycles. The quantitative estimate of drug-likeness (QED) is 0.608. The van der Waals surface area contributed by atoms with Crippen molar-refractivity contribution in [1.29, 1.82) is 0 Å². The van der Waals surface area contributed by atoms with Crippen LogP contribution in [0.15, 0.2) is 34.8 Å². The molecule has 0 fully saturated rings. The van der Waals surface area contributed by atoms with Gasteiger partial charge in [-0.3, -0.25) is 0 Å². The lowest BCUT2D eigenvalue weighted by Gasteiger charge is -2.10. The fourth-order valence-corrected chi connectivity index (χ4v) is 3.39. The number of thiophene rings is 1. The van der Waals surface area contributed by atoms with Crippen LogP contribution in [0.3, 0.4) is 0 Å². The third-order valence-corrected chi connectivity index (χ3v) is 5.24. The van der Waals surface area contributed by atoms with Gasteiger partial charge >= 0.3 is 0 Å². The van der Waals surface area contributed by atoms with E-state index in [4.69, 9.17) is 23.2 Å². The van der Waals surface area contributed by atoms with Gasteiger partial charge < -0.3 is 0 Å². The fourth-order valence-electron chi connectivity index (χ4n) is 1.46. The van der Waals surface area contributed by atoms with Gasteiger partial charge in [-0.2, -0.15) is 0 Å². The Hall–Kier alpha value is -0.0200. The van der Waals surface area contributed by atoms with Crippen LogP contribution in [-0.2, 0) is 0 Å². The van der Waals surface area contributed by atoms with Crippen LogP contribution in [0.1, 0.15) is 20.7 Å². The van der Waals surface area contributed by atoms with E-state index < -0.39 is 0 Å². The second-order valence-electron chi connectivity index (χ2n) is 3.45. The highest BCUT2D eigenvalue weighted by Gasteiger charge is 2.16. The highest BCUT2D eigenvalue weighted by Crippen LogP contribution is 2.39. The summed E-state index contributed by atoms with van der Waals surface area (Å²) in [4.78, 5) is 2.38. The van der Waals surface area contributed by atoms with E-state index in [-0.39, 0.29) is 5.38 Å². The largest absolute Gasteiger partial charge is 0.144 e. The Morgan fingerprint density at radius 3 is 2.62 bits per heavy atom. The summed E-state index contributed by atoms with van der Waals surface area (Å²) in [5.41, 5.74) is 0.944. The van der Waals surface area contributed by atoms with E-state index >= 15 is 0 Å². The third kappa shape index (κ3) is 2.45. The molecule has 1 aromatic heterocycles. The van der Waals surface area contributed by atoms with Gasteiger partial charge in [0, 0.05) is 14.2 Å². The minimum atomic E-state index is -0.177. The Bertz CT molecular complexity index is 507. The Morgan fingerprint density at radius 1 is 1.25 bits per heavy atom. The number of aryl methyl sites for hydroxylation is 1. The van der Waals surface area contributed by atoms with Crippen LogP contribution < -0.4 is 0 Å². The van der Waals surface area contributed by atoms with Gasteiger partial charge in [0.15, 0.2) is 0 Å². The van der Waals surface area contributed by atoms with Crippen LogP contribution in [0.4, 0.5) is 0 Å². The lowest BCUT2D eigenvalue weighted by Crippen LogP contribution is -1.91. The fraction of sp³-hybridized carbons (Fsp3) is 0.167. The van der Waals surface area contributed by atoms with Gasteiger partial charge in [-0.15, -0.1) is 22.9 Å². The second kappa shape index (κ2) is 5.09. The number of hydrogen-bond acceptors (Lipinski definition) is 1. The molecule has 0 aliphatic carbocycles. The molecular formula is C12H9BrCl2S. The van der Waals surface area contributed by atoms with Crippen molar-refractivity contribution in [3.63, 3.8) is 0 Å². The Balaban J connectivity index is 2.41. The molecule has 84 valence electrons. The van der Waals surface area contributed by atoms with E-state index in [9.17, 15) is 0 Å². The van der Waals surface area contributed by atoms with E-state index in [1.54, 1.807) is 11.3 Å². The number of rotatable bonds is 2. The standard InChI is InChI=1S/C12H9BrCl2S/c1-7-5-6-10(16-7)12(15)8-3-2-4-9(13)11(8)14/h2-6,12H,1H3. The summed E-state index contributed by atoms with van der Waals surface area (Å²) in [5, 5.41) is 0.511. The maximum absolute atomic E-state index is 6.43. The van der Waals surface area contributed by atoms with E-state index in [1.807, 2.05) is 18.2 Å². The van der Waals surface area contributed by atoms with Crippen LogP contribution in [-0.4, -0.2) is 0 Å². The summed E-state index contributed by atoms with van der Waals surface area (Å²) >= 11 is 17.7. The summed E-state index contributed by atoms with van der Waals surface area (Å²) in [6.07, 6.45) is 0. The molecule has 1 aromatic carbocycles. The lowest BCUT2D eigenvalue weighted by molar-refractivity contribution is 1.18. The topological polar surface area (TPSA) is 0 Å². The first-order valence-corrected chi connectivity index (χ1v) is 7.16. The van der Waals surface area contributed by atoms with Crippen LogP contribution in [0.2, 0.25) is 5.02 Å². The molecule has 16 heavy (non-hydrogen) atoms. The van der Waals surface area contributed by atoms with Crippen molar-refractivity contribution in [3.8, 4) is 0 Å². The Kier molecular flexibility index (Phi) is 3.96. The van der Waals surface area contributed by atoms with Crippen LogP contribution in [0.25, 0.3) is 0 Å². The molecule has 0 radical (unpaired) electrons. The zero-order valence-corrected chi connectivity index (χ0v) is 12.4. The normalized spacial score (nSPS) is 12.8. The molecule has 2 aromatic rings. The molecular weight excluding hydrogens is 327 g/mol. The molecule has 0 N–H and O–H groups in total. The molecule has 0 aliphatic rings.